The van der Waals surface area contributed by atoms with Crippen LogP contribution in [0.15, 0.2) is 30.5 Å². The molecule has 0 saturated carbocycles. The maximum Gasteiger partial charge on any atom is 0.256 e. The summed E-state index contributed by atoms with van der Waals surface area (Å²) in [5, 5.41) is 14.5. The van der Waals surface area contributed by atoms with Crippen LogP contribution in [0.3, 0.4) is 0 Å². The van der Waals surface area contributed by atoms with Crippen molar-refractivity contribution in [1.82, 2.24) is 19.5 Å². The van der Waals surface area contributed by atoms with E-state index in [1.165, 1.54) is 0 Å². The highest BCUT2D eigenvalue weighted by Crippen LogP contribution is 2.34. The number of nitrogens with zero attached hydrogens (tertiary/aromatic N) is 6. The summed E-state index contributed by atoms with van der Waals surface area (Å²) < 4.78 is 1.79. The van der Waals surface area contributed by atoms with Gasteiger partial charge in [-0.15, -0.1) is 0 Å². The van der Waals surface area contributed by atoms with Gasteiger partial charge in [0, 0.05) is 48.2 Å². The van der Waals surface area contributed by atoms with Crippen molar-refractivity contribution >= 4 is 34.7 Å². The Labute approximate surface area is 197 Å². The van der Waals surface area contributed by atoms with E-state index in [9.17, 15) is 10.1 Å². The summed E-state index contributed by atoms with van der Waals surface area (Å²) in [7, 11) is 0. The first-order valence-corrected chi connectivity index (χ1v) is 11.7. The van der Waals surface area contributed by atoms with Crippen LogP contribution in [0.25, 0.3) is 5.65 Å². The van der Waals surface area contributed by atoms with Crippen LogP contribution < -0.4 is 10.6 Å². The highest BCUT2D eigenvalue weighted by molar-refractivity contribution is 6.31. The predicted octanol–water partition coefficient (Wildman–Crippen LogP) is 3.99. The fraction of sp³-hybridized carbons (Fsp3) is 0.417. The van der Waals surface area contributed by atoms with Crippen molar-refractivity contribution in [3.8, 4) is 6.07 Å². The van der Waals surface area contributed by atoms with E-state index >= 15 is 0 Å². The van der Waals surface area contributed by atoms with Gasteiger partial charge in [-0.3, -0.25) is 4.79 Å². The van der Waals surface area contributed by atoms with Crippen LogP contribution in [0.5, 0.6) is 0 Å². The third kappa shape index (κ3) is 3.98. The SMILES string of the molecule is Cc1cn2nc(C3CCCCN3C(=O)c3cc(Cl)ccc3N)cc2nc1N1CCC(C#N)C1. The van der Waals surface area contributed by atoms with Crippen LogP contribution in [-0.2, 0) is 0 Å². The van der Waals surface area contributed by atoms with Crippen LogP contribution in [0.2, 0.25) is 5.02 Å². The average molecular weight is 464 g/mol. The lowest BCUT2D eigenvalue weighted by Gasteiger charge is -2.35. The Morgan fingerprint density at radius 2 is 2.09 bits per heavy atom. The number of hydrogen-bond donors (Lipinski definition) is 1. The molecule has 0 aliphatic carbocycles. The van der Waals surface area contributed by atoms with Crippen molar-refractivity contribution in [1.29, 1.82) is 5.26 Å². The van der Waals surface area contributed by atoms with Crippen LogP contribution in [-0.4, -0.2) is 45.0 Å². The zero-order valence-electron chi connectivity index (χ0n) is 18.5. The highest BCUT2D eigenvalue weighted by Gasteiger charge is 2.32. The zero-order chi connectivity index (χ0) is 23.1. The standard InChI is InChI=1S/C24H26ClN7O/c1-15-13-32-22(28-23(15)30-9-7-16(12-26)14-30)11-20(29-32)21-4-2-3-8-31(21)24(33)18-10-17(25)5-6-19(18)27/h5-6,10-11,13,16,21H,2-4,7-9,14,27H2,1H3. The van der Waals surface area contributed by atoms with E-state index in [1.54, 1.807) is 22.7 Å². The Balaban J connectivity index is 1.47. The van der Waals surface area contributed by atoms with Gasteiger partial charge in [-0.05, 0) is 50.8 Å². The number of halogens is 1. The molecule has 8 nitrogen and oxygen atoms in total. The molecule has 9 heteroatoms. The molecule has 3 aromatic rings. The van der Waals surface area contributed by atoms with Crippen LogP contribution >= 0.6 is 11.6 Å². The number of amides is 1. The Morgan fingerprint density at radius 1 is 1.24 bits per heavy atom. The number of hydrogen-bond acceptors (Lipinski definition) is 6. The molecule has 1 aromatic carbocycles. The normalized spacial score (nSPS) is 20.9. The minimum atomic E-state index is -0.148. The monoisotopic (exact) mass is 463 g/mol. The maximum absolute atomic E-state index is 13.4. The lowest BCUT2D eigenvalue weighted by atomic mass is 9.98. The second kappa shape index (κ2) is 8.56. The van der Waals surface area contributed by atoms with E-state index < -0.39 is 0 Å². The number of carbonyl (C=O) groups excluding carboxylic acids is 1. The zero-order valence-corrected chi connectivity index (χ0v) is 19.3. The van der Waals surface area contributed by atoms with E-state index in [1.807, 2.05) is 24.1 Å². The summed E-state index contributed by atoms with van der Waals surface area (Å²) in [6.07, 6.45) is 5.63. The number of benzene rings is 1. The fourth-order valence-corrected chi connectivity index (χ4v) is 5.08. The molecule has 170 valence electrons. The van der Waals surface area contributed by atoms with Gasteiger partial charge in [0.2, 0.25) is 0 Å². The minimum absolute atomic E-state index is 0.0450. The van der Waals surface area contributed by atoms with Crippen molar-refractivity contribution in [3.63, 3.8) is 0 Å². The Kier molecular flexibility index (Phi) is 5.59. The molecule has 2 aromatic heterocycles. The summed E-state index contributed by atoms with van der Waals surface area (Å²) in [5.41, 5.74) is 9.52. The number of likely N-dealkylation sites (tertiary alicyclic amines) is 1. The first kappa shape index (κ1) is 21.5. The Morgan fingerprint density at radius 3 is 2.88 bits per heavy atom. The van der Waals surface area contributed by atoms with Crippen LogP contribution in [0.1, 0.15) is 53.3 Å². The number of fused-ring (bicyclic) bond motifs is 1. The summed E-state index contributed by atoms with van der Waals surface area (Å²) >= 11 is 6.14. The van der Waals surface area contributed by atoms with Gasteiger partial charge in [0.25, 0.3) is 5.91 Å². The number of nitriles is 1. The van der Waals surface area contributed by atoms with E-state index in [4.69, 9.17) is 27.4 Å². The van der Waals surface area contributed by atoms with Crippen molar-refractivity contribution in [3.05, 3.63) is 52.3 Å². The van der Waals surface area contributed by atoms with Gasteiger partial charge in [-0.1, -0.05) is 11.6 Å². The van der Waals surface area contributed by atoms with Crippen molar-refractivity contribution in [2.45, 2.75) is 38.6 Å². The highest BCUT2D eigenvalue weighted by atomic mass is 35.5. The van der Waals surface area contributed by atoms with Crippen LogP contribution in [0.4, 0.5) is 11.5 Å². The Bertz CT molecular complexity index is 1260. The van der Waals surface area contributed by atoms with Gasteiger partial charge in [0.05, 0.1) is 29.3 Å². The van der Waals surface area contributed by atoms with Gasteiger partial charge in [-0.2, -0.15) is 10.4 Å². The lowest BCUT2D eigenvalue weighted by molar-refractivity contribution is 0.0607. The number of nitrogen functional groups attached to an aromatic ring is 1. The molecule has 2 aliphatic heterocycles. The Hall–Kier alpha value is -3.31. The average Bonchev–Trinajstić information content (AvgIpc) is 3.46. The minimum Gasteiger partial charge on any atom is -0.398 e. The number of carbonyl (C=O) groups is 1. The van der Waals surface area contributed by atoms with Gasteiger partial charge in [-0.25, -0.2) is 9.50 Å². The predicted molar refractivity (Wildman–Crippen MR) is 127 cm³/mol. The molecule has 5 rings (SSSR count). The molecule has 0 radical (unpaired) electrons. The van der Waals surface area contributed by atoms with Crippen molar-refractivity contribution in [2.24, 2.45) is 5.92 Å². The molecular formula is C24H26ClN7O. The number of rotatable bonds is 3. The molecule has 2 unspecified atom stereocenters. The summed E-state index contributed by atoms with van der Waals surface area (Å²) in [4.78, 5) is 22.3. The first-order chi connectivity index (χ1) is 15.9. The molecule has 2 saturated heterocycles. The largest absolute Gasteiger partial charge is 0.398 e. The van der Waals surface area contributed by atoms with Gasteiger partial charge >= 0.3 is 0 Å². The smallest absolute Gasteiger partial charge is 0.256 e. The second-order valence-corrected chi connectivity index (χ2v) is 9.36. The molecule has 1 amide bonds. The quantitative estimate of drug-likeness (QED) is 0.589. The van der Waals surface area contributed by atoms with E-state index in [-0.39, 0.29) is 17.9 Å². The molecule has 2 N–H and O–H groups in total. The molecule has 4 heterocycles. The number of anilines is 2. The van der Waals surface area contributed by atoms with E-state index in [0.29, 0.717) is 29.4 Å². The molecule has 2 atom stereocenters. The van der Waals surface area contributed by atoms with Gasteiger partial charge < -0.3 is 15.5 Å². The summed E-state index contributed by atoms with van der Waals surface area (Å²) in [6, 6.07) is 9.18. The molecular weight excluding hydrogens is 438 g/mol. The third-order valence-corrected chi connectivity index (χ3v) is 6.88. The summed E-state index contributed by atoms with van der Waals surface area (Å²) in [5.74, 6) is 0.819. The van der Waals surface area contributed by atoms with E-state index in [2.05, 4.69) is 11.0 Å². The van der Waals surface area contributed by atoms with Crippen LogP contribution in [0, 0.1) is 24.2 Å². The number of piperidine rings is 1. The third-order valence-electron chi connectivity index (χ3n) is 6.65. The molecule has 0 spiro atoms. The lowest BCUT2D eigenvalue weighted by Crippen LogP contribution is -2.39. The number of nitrogens with two attached hydrogens (primary N) is 1. The van der Waals surface area contributed by atoms with E-state index in [0.717, 1.165) is 55.0 Å². The molecule has 33 heavy (non-hydrogen) atoms. The van der Waals surface area contributed by atoms with Crippen molar-refractivity contribution < 1.29 is 4.79 Å². The van der Waals surface area contributed by atoms with Crippen molar-refractivity contribution in [2.75, 3.05) is 30.3 Å². The molecule has 2 aliphatic rings. The first-order valence-electron chi connectivity index (χ1n) is 11.3. The second-order valence-electron chi connectivity index (χ2n) is 8.92. The van der Waals surface area contributed by atoms with Gasteiger partial charge in [0.1, 0.15) is 5.82 Å². The molecule has 0 bridgehead atoms. The topological polar surface area (TPSA) is 104 Å². The number of aromatic nitrogens is 3. The molecule has 2 fully saturated rings. The fourth-order valence-electron chi connectivity index (χ4n) is 4.91. The number of aryl methyl sites for hydroxylation is 1. The maximum atomic E-state index is 13.4. The summed E-state index contributed by atoms with van der Waals surface area (Å²) in [6.45, 7) is 4.19. The van der Waals surface area contributed by atoms with Gasteiger partial charge in [0.15, 0.2) is 5.65 Å².